The van der Waals surface area contributed by atoms with Crippen LogP contribution in [-0.4, -0.2) is 49.3 Å². The number of phosphoric acid groups is 1. The van der Waals surface area contributed by atoms with Gasteiger partial charge in [0.2, 0.25) is 0 Å². The Morgan fingerprint density at radius 1 is 0.345 bits per heavy atom. The van der Waals surface area contributed by atoms with Crippen molar-refractivity contribution >= 4 is 19.8 Å². The van der Waals surface area contributed by atoms with E-state index in [1.54, 1.807) is 0 Å². The summed E-state index contributed by atoms with van der Waals surface area (Å²) in [5, 5.41) is 0. The number of esters is 2. The number of phosphoric ester groups is 1. The van der Waals surface area contributed by atoms with Gasteiger partial charge in [0.1, 0.15) is 6.61 Å². The number of ether oxygens (including phenoxy) is 2. The van der Waals surface area contributed by atoms with E-state index < -0.39 is 32.5 Å². The Labute approximate surface area is 534 Å². The molecule has 0 saturated carbocycles. The molecular weight excluding hydrogens is 1100 g/mol. The Kier molecular flexibility index (Phi) is 67.2. The standard InChI is InChI=1S/C77H128NO8P/c1-3-5-7-9-11-13-15-17-19-21-23-25-27-29-31-33-35-36-37-38-40-41-43-45-47-49-51-53-55-57-59-61-63-65-67-69-76(79)83-73-75(74-85-87(81,82)84-72-71-78)86-77(80)70-68-66-64-62-60-58-56-54-52-50-48-46-44-42-39-34-32-30-28-26-24-22-20-18-16-14-12-10-8-6-4-2/h5-8,11-14,17-20,23-26,30,32,39,42,46,48,52,54,58,60,75H,3-4,9-10,15-16,21-22,27-29,31,33-38,40-41,43-45,47,49-51,53,55-57,59,61-74,78H2,1-2H3,(H,81,82)/b7-5-,8-6-,13-11-,14-12-,19-17-,20-18-,25-23-,26-24-,32-30-,42-39-,48-46-,54-52-,60-58-. The maximum Gasteiger partial charge on any atom is 0.472 e. The molecule has 87 heavy (non-hydrogen) atoms. The Balaban J connectivity index is 3.96. The van der Waals surface area contributed by atoms with Gasteiger partial charge in [-0.25, -0.2) is 4.57 Å². The topological polar surface area (TPSA) is 134 Å². The molecule has 0 fully saturated rings. The minimum absolute atomic E-state index is 0.0408. The van der Waals surface area contributed by atoms with Crippen molar-refractivity contribution in [2.75, 3.05) is 26.4 Å². The normalized spacial score (nSPS) is 13.9. The maximum absolute atomic E-state index is 12.7. The molecule has 0 heterocycles. The zero-order valence-corrected chi connectivity index (χ0v) is 56.3. The van der Waals surface area contributed by atoms with Crippen molar-refractivity contribution in [3.05, 3.63) is 158 Å². The lowest BCUT2D eigenvalue weighted by Gasteiger charge is -2.19. The Morgan fingerprint density at radius 3 is 0.897 bits per heavy atom. The molecule has 0 aromatic heterocycles. The first-order chi connectivity index (χ1) is 42.8. The average molecular weight is 1230 g/mol. The second-order valence-corrected chi connectivity index (χ2v) is 24.1. The lowest BCUT2D eigenvalue weighted by molar-refractivity contribution is -0.161. The smallest absolute Gasteiger partial charge is 0.462 e. The quantitative estimate of drug-likeness (QED) is 0.0264. The van der Waals surface area contributed by atoms with Crippen LogP contribution >= 0.6 is 7.82 Å². The zero-order chi connectivity index (χ0) is 63.0. The molecule has 0 amide bonds. The molecular formula is C77H128NO8P. The summed E-state index contributed by atoms with van der Waals surface area (Å²) < 4.78 is 33.1. The van der Waals surface area contributed by atoms with Crippen molar-refractivity contribution in [1.29, 1.82) is 0 Å². The molecule has 2 unspecified atom stereocenters. The molecule has 0 saturated heterocycles. The molecule has 10 heteroatoms. The van der Waals surface area contributed by atoms with Gasteiger partial charge in [-0.05, 0) is 122 Å². The fourth-order valence-corrected chi connectivity index (χ4v) is 10.1. The van der Waals surface area contributed by atoms with Gasteiger partial charge in [-0.1, -0.05) is 307 Å². The maximum atomic E-state index is 12.7. The lowest BCUT2D eigenvalue weighted by atomic mass is 10.0. The average Bonchev–Trinajstić information content (AvgIpc) is 3.66. The second-order valence-electron chi connectivity index (χ2n) is 22.6. The minimum atomic E-state index is -4.41. The Morgan fingerprint density at radius 2 is 0.598 bits per heavy atom. The van der Waals surface area contributed by atoms with Crippen LogP contribution in [0.25, 0.3) is 0 Å². The highest BCUT2D eigenvalue weighted by molar-refractivity contribution is 7.47. The molecule has 0 rings (SSSR count). The van der Waals surface area contributed by atoms with Crippen LogP contribution < -0.4 is 5.73 Å². The van der Waals surface area contributed by atoms with Gasteiger partial charge in [-0.15, -0.1) is 0 Å². The molecule has 0 aliphatic carbocycles. The molecule has 3 N–H and O–H groups in total. The molecule has 0 aliphatic rings. The fourth-order valence-electron chi connectivity index (χ4n) is 9.33. The van der Waals surface area contributed by atoms with E-state index in [4.69, 9.17) is 24.3 Å². The highest BCUT2D eigenvalue weighted by atomic mass is 31.2. The van der Waals surface area contributed by atoms with Crippen LogP contribution in [0.4, 0.5) is 0 Å². The van der Waals surface area contributed by atoms with E-state index in [1.165, 1.54) is 128 Å². The third-order valence-electron chi connectivity index (χ3n) is 14.4. The summed E-state index contributed by atoms with van der Waals surface area (Å²) in [7, 11) is -4.41. The zero-order valence-electron chi connectivity index (χ0n) is 55.4. The summed E-state index contributed by atoms with van der Waals surface area (Å²) in [6.07, 6.45) is 103. The summed E-state index contributed by atoms with van der Waals surface area (Å²) in [6, 6.07) is 0. The highest BCUT2D eigenvalue weighted by Crippen LogP contribution is 2.43. The lowest BCUT2D eigenvalue weighted by Crippen LogP contribution is -2.29. The van der Waals surface area contributed by atoms with Crippen molar-refractivity contribution in [3.63, 3.8) is 0 Å². The van der Waals surface area contributed by atoms with Gasteiger partial charge >= 0.3 is 19.8 Å². The van der Waals surface area contributed by atoms with E-state index in [-0.39, 0.29) is 32.6 Å². The monoisotopic (exact) mass is 1230 g/mol. The predicted molar refractivity (Wildman–Crippen MR) is 376 cm³/mol. The van der Waals surface area contributed by atoms with Crippen LogP contribution in [0.3, 0.4) is 0 Å². The highest BCUT2D eigenvalue weighted by Gasteiger charge is 2.26. The van der Waals surface area contributed by atoms with Gasteiger partial charge in [0.05, 0.1) is 13.2 Å². The molecule has 9 nitrogen and oxygen atoms in total. The molecule has 0 spiro atoms. The summed E-state index contributed by atoms with van der Waals surface area (Å²) in [6.45, 7) is 3.49. The molecule has 494 valence electrons. The molecule has 0 aromatic rings. The van der Waals surface area contributed by atoms with E-state index in [2.05, 4.69) is 172 Å². The largest absolute Gasteiger partial charge is 0.472 e. The van der Waals surface area contributed by atoms with Gasteiger partial charge < -0.3 is 20.1 Å². The fraction of sp³-hybridized carbons (Fsp3) is 0.636. The van der Waals surface area contributed by atoms with Crippen LogP contribution in [-0.2, 0) is 32.7 Å². The number of nitrogens with two attached hydrogens (primary N) is 1. The van der Waals surface area contributed by atoms with Crippen LogP contribution in [0.15, 0.2) is 158 Å². The Bertz CT molecular complexity index is 1980. The van der Waals surface area contributed by atoms with E-state index in [0.29, 0.717) is 6.42 Å². The van der Waals surface area contributed by atoms with Gasteiger partial charge in [0, 0.05) is 19.4 Å². The number of hydrogen-bond donors (Lipinski definition) is 2. The molecule has 2 atom stereocenters. The molecule has 0 aromatic carbocycles. The third-order valence-corrected chi connectivity index (χ3v) is 15.4. The van der Waals surface area contributed by atoms with Crippen molar-refractivity contribution < 1.29 is 37.6 Å². The molecule has 0 aliphatic heterocycles. The van der Waals surface area contributed by atoms with Crippen LogP contribution in [0.5, 0.6) is 0 Å². The van der Waals surface area contributed by atoms with Crippen LogP contribution in [0, 0.1) is 0 Å². The number of carbonyl (C=O) groups is 2. The summed E-state index contributed by atoms with van der Waals surface area (Å²) in [5.74, 6) is -0.868. The minimum Gasteiger partial charge on any atom is -0.462 e. The number of allylic oxidation sites excluding steroid dienone is 26. The SMILES string of the molecule is CC/C=C\C/C=C\C/C=C\C/C=C\C/C=C\C/C=C\C/C=C\C/C=C\C/C=C\CCCCCC(=O)OC(COC(=O)CCCCCCCCCCCCCCCCCCCCCCCC/C=C\C/C=C\C/C=C\C/C=C\CC)COP(=O)(O)OCCN. The summed E-state index contributed by atoms with van der Waals surface area (Å²) >= 11 is 0. The van der Waals surface area contributed by atoms with Gasteiger partial charge in [0.25, 0.3) is 0 Å². The molecule has 0 radical (unpaired) electrons. The van der Waals surface area contributed by atoms with Crippen LogP contribution in [0.1, 0.15) is 284 Å². The molecule has 0 bridgehead atoms. The number of rotatable bonds is 64. The first-order valence-corrected chi connectivity index (χ1v) is 36.5. The van der Waals surface area contributed by atoms with Crippen LogP contribution in [0.2, 0.25) is 0 Å². The van der Waals surface area contributed by atoms with Crippen molar-refractivity contribution in [3.8, 4) is 0 Å². The second kappa shape index (κ2) is 70.7. The first kappa shape index (κ1) is 82.6. The summed E-state index contributed by atoms with van der Waals surface area (Å²) in [5.41, 5.74) is 5.40. The van der Waals surface area contributed by atoms with E-state index in [1.807, 2.05) is 0 Å². The van der Waals surface area contributed by atoms with Crippen molar-refractivity contribution in [2.45, 2.75) is 290 Å². The Hall–Kier alpha value is -4.37. The van der Waals surface area contributed by atoms with Crippen molar-refractivity contribution in [2.24, 2.45) is 5.73 Å². The predicted octanol–water partition coefficient (Wildman–Crippen LogP) is 23.2. The van der Waals surface area contributed by atoms with Gasteiger partial charge in [-0.2, -0.15) is 0 Å². The number of hydrogen-bond acceptors (Lipinski definition) is 8. The number of unbranched alkanes of at least 4 members (excludes halogenated alkanes) is 25. The van der Waals surface area contributed by atoms with Crippen molar-refractivity contribution in [1.82, 2.24) is 0 Å². The third kappa shape index (κ3) is 70.6. The van der Waals surface area contributed by atoms with E-state index in [0.717, 1.165) is 122 Å². The first-order valence-electron chi connectivity index (χ1n) is 35.0. The van der Waals surface area contributed by atoms with E-state index in [9.17, 15) is 19.0 Å². The van der Waals surface area contributed by atoms with E-state index >= 15 is 0 Å². The number of carbonyl (C=O) groups excluding carboxylic acids is 2. The summed E-state index contributed by atoms with van der Waals surface area (Å²) in [4.78, 5) is 35.3. The van der Waals surface area contributed by atoms with Gasteiger partial charge in [-0.3, -0.25) is 18.6 Å². The van der Waals surface area contributed by atoms with Gasteiger partial charge in [0.15, 0.2) is 6.10 Å².